The Labute approximate surface area is 115 Å². The molecule has 8 heteroatoms. The molecular formula is C11H11ClN2O4S. The van der Waals surface area contributed by atoms with Gasteiger partial charge >= 0.3 is 0 Å². The molecule has 0 spiro atoms. The van der Waals surface area contributed by atoms with Crippen molar-refractivity contribution in [1.82, 2.24) is 0 Å². The number of rotatable bonds is 5. The fraction of sp³-hybridized carbons (Fsp3) is 0.364. The van der Waals surface area contributed by atoms with Crippen LogP contribution in [0.15, 0.2) is 23.1 Å². The maximum atomic E-state index is 12.2. The minimum atomic E-state index is -3.72. The summed E-state index contributed by atoms with van der Waals surface area (Å²) in [6, 6.07) is 4.80. The summed E-state index contributed by atoms with van der Waals surface area (Å²) in [7, 11) is -3.72. The van der Waals surface area contributed by atoms with Crippen molar-refractivity contribution in [2.45, 2.75) is 23.5 Å². The van der Waals surface area contributed by atoms with Crippen LogP contribution in [0.5, 0.6) is 0 Å². The van der Waals surface area contributed by atoms with Crippen LogP contribution in [0.4, 0.5) is 5.69 Å². The maximum Gasteiger partial charge on any atom is 0.270 e. The number of nitriles is 1. The van der Waals surface area contributed by atoms with Crippen molar-refractivity contribution in [3.63, 3.8) is 0 Å². The van der Waals surface area contributed by atoms with Crippen LogP contribution in [0, 0.1) is 21.4 Å². The number of hydrogen-bond acceptors (Lipinski definition) is 5. The molecule has 0 aliphatic heterocycles. The molecular weight excluding hydrogens is 292 g/mol. The lowest BCUT2D eigenvalue weighted by Gasteiger charge is -2.12. The molecule has 102 valence electrons. The van der Waals surface area contributed by atoms with E-state index in [0.29, 0.717) is 0 Å². The highest BCUT2D eigenvalue weighted by molar-refractivity contribution is 7.92. The Hall–Kier alpha value is -1.65. The van der Waals surface area contributed by atoms with Gasteiger partial charge in [0.05, 0.1) is 20.6 Å². The van der Waals surface area contributed by atoms with Crippen LogP contribution in [-0.2, 0) is 9.84 Å². The molecule has 6 nitrogen and oxygen atoms in total. The third-order valence-electron chi connectivity index (χ3n) is 2.65. The van der Waals surface area contributed by atoms with Gasteiger partial charge in [0.15, 0.2) is 9.84 Å². The van der Waals surface area contributed by atoms with Gasteiger partial charge in [-0.05, 0) is 19.4 Å². The van der Waals surface area contributed by atoms with Gasteiger partial charge in [-0.2, -0.15) is 5.26 Å². The van der Waals surface area contributed by atoms with Gasteiger partial charge in [0.2, 0.25) is 0 Å². The van der Waals surface area contributed by atoms with Crippen molar-refractivity contribution in [3.05, 3.63) is 33.9 Å². The Morgan fingerprint density at radius 2 is 2.16 bits per heavy atom. The standard InChI is InChI=1S/C11H11ClN2O4S/c1-8(4-5-12)19(17,18)11-3-2-10(14(15)16)6-9(11)7-13/h2-3,6,8H,4-5H2,1H3. The summed E-state index contributed by atoms with van der Waals surface area (Å²) in [6.45, 7) is 1.49. The second-order valence-corrected chi connectivity index (χ2v) is 6.60. The minimum Gasteiger partial charge on any atom is -0.258 e. The molecule has 0 saturated heterocycles. The molecule has 1 rings (SSSR count). The number of non-ortho nitro benzene ring substituents is 1. The third-order valence-corrected chi connectivity index (χ3v) is 5.13. The monoisotopic (exact) mass is 302 g/mol. The summed E-state index contributed by atoms with van der Waals surface area (Å²) < 4.78 is 24.4. The number of nitrogens with zero attached hydrogens (tertiary/aromatic N) is 2. The summed E-state index contributed by atoms with van der Waals surface area (Å²) in [5.74, 6) is 0.176. The number of benzene rings is 1. The van der Waals surface area contributed by atoms with Gasteiger partial charge in [0.25, 0.3) is 5.69 Å². The zero-order valence-corrected chi connectivity index (χ0v) is 11.6. The SMILES string of the molecule is CC(CCCl)S(=O)(=O)c1ccc([N+](=O)[O-])cc1C#N. The van der Waals surface area contributed by atoms with Crippen molar-refractivity contribution in [2.24, 2.45) is 0 Å². The Bertz CT molecular complexity index is 637. The van der Waals surface area contributed by atoms with E-state index in [1.807, 2.05) is 0 Å². The molecule has 1 atom stereocenters. The summed E-state index contributed by atoms with van der Waals surface area (Å²) in [5, 5.41) is 18.8. The van der Waals surface area contributed by atoms with Gasteiger partial charge in [-0.1, -0.05) is 0 Å². The van der Waals surface area contributed by atoms with Crippen LogP contribution in [0.1, 0.15) is 18.9 Å². The number of nitro benzene ring substituents is 1. The highest BCUT2D eigenvalue weighted by Crippen LogP contribution is 2.25. The van der Waals surface area contributed by atoms with Crippen LogP contribution in [0.2, 0.25) is 0 Å². The van der Waals surface area contributed by atoms with Crippen LogP contribution >= 0.6 is 11.6 Å². The molecule has 0 fully saturated rings. The molecule has 1 aromatic rings. The van der Waals surface area contributed by atoms with Crippen molar-refractivity contribution in [2.75, 3.05) is 5.88 Å². The first kappa shape index (κ1) is 15.4. The predicted octanol–water partition coefficient (Wildman–Crippen LogP) is 2.26. The number of sulfone groups is 1. The highest BCUT2D eigenvalue weighted by Gasteiger charge is 2.27. The molecule has 0 heterocycles. The average molecular weight is 303 g/mol. The van der Waals surface area contributed by atoms with Crippen molar-refractivity contribution in [3.8, 4) is 6.07 Å². The van der Waals surface area contributed by atoms with E-state index in [0.717, 1.165) is 18.2 Å². The van der Waals surface area contributed by atoms with E-state index in [4.69, 9.17) is 16.9 Å². The largest absolute Gasteiger partial charge is 0.270 e. The lowest BCUT2D eigenvalue weighted by atomic mass is 10.2. The Kier molecular flexibility index (Phi) is 4.86. The molecule has 0 aromatic heterocycles. The van der Waals surface area contributed by atoms with E-state index in [1.54, 1.807) is 6.07 Å². The van der Waals surface area contributed by atoms with Gasteiger partial charge in [0, 0.05) is 18.0 Å². The van der Waals surface area contributed by atoms with Crippen LogP contribution in [-0.4, -0.2) is 24.5 Å². The first-order chi connectivity index (χ1) is 8.84. The van der Waals surface area contributed by atoms with Crippen LogP contribution in [0.3, 0.4) is 0 Å². The fourth-order valence-electron chi connectivity index (χ4n) is 1.49. The van der Waals surface area contributed by atoms with Crippen molar-refractivity contribution >= 4 is 27.1 Å². The van der Waals surface area contributed by atoms with Gasteiger partial charge in [-0.3, -0.25) is 10.1 Å². The predicted molar refractivity (Wildman–Crippen MR) is 69.8 cm³/mol. The molecule has 0 amide bonds. The molecule has 1 aromatic carbocycles. The quantitative estimate of drug-likeness (QED) is 0.471. The molecule has 0 saturated carbocycles. The van der Waals surface area contributed by atoms with Gasteiger partial charge in [0.1, 0.15) is 6.07 Å². The number of halogens is 1. The molecule has 0 aliphatic rings. The number of alkyl halides is 1. The van der Waals surface area contributed by atoms with Crippen LogP contribution < -0.4 is 0 Å². The normalized spacial score (nSPS) is 12.7. The Morgan fingerprint density at radius 1 is 1.53 bits per heavy atom. The van der Waals surface area contributed by atoms with Gasteiger partial charge in [-0.15, -0.1) is 11.6 Å². The van der Waals surface area contributed by atoms with E-state index >= 15 is 0 Å². The van der Waals surface area contributed by atoms with Crippen LogP contribution in [0.25, 0.3) is 0 Å². The maximum absolute atomic E-state index is 12.2. The molecule has 0 radical (unpaired) electrons. The molecule has 0 N–H and O–H groups in total. The Balaban J connectivity index is 3.36. The van der Waals surface area contributed by atoms with Gasteiger partial charge in [-0.25, -0.2) is 8.42 Å². The first-order valence-electron chi connectivity index (χ1n) is 5.33. The summed E-state index contributed by atoms with van der Waals surface area (Å²) in [4.78, 5) is 9.72. The fourth-order valence-corrected chi connectivity index (χ4v) is 3.48. The van der Waals surface area contributed by atoms with E-state index in [2.05, 4.69) is 0 Å². The van der Waals surface area contributed by atoms with E-state index in [9.17, 15) is 18.5 Å². The summed E-state index contributed by atoms with van der Waals surface area (Å²) >= 11 is 5.51. The summed E-state index contributed by atoms with van der Waals surface area (Å²) in [5.41, 5.74) is -0.545. The zero-order valence-electron chi connectivity index (χ0n) is 10.0. The smallest absolute Gasteiger partial charge is 0.258 e. The lowest BCUT2D eigenvalue weighted by molar-refractivity contribution is -0.384. The lowest BCUT2D eigenvalue weighted by Crippen LogP contribution is -2.19. The Morgan fingerprint density at radius 3 is 2.63 bits per heavy atom. The average Bonchev–Trinajstić information content (AvgIpc) is 2.38. The molecule has 1 unspecified atom stereocenters. The molecule has 0 bridgehead atoms. The van der Waals surface area contributed by atoms with Crippen molar-refractivity contribution in [1.29, 1.82) is 5.26 Å². The highest BCUT2D eigenvalue weighted by atomic mass is 35.5. The zero-order chi connectivity index (χ0) is 14.6. The first-order valence-corrected chi connectivity index (χ1v) is 7.41. The third kappa shape index (κ3) is 3.22. The second kappa shape index (κ2) is 5.99. The van der Waals surface area contributed by atoms with E-state index in [-0.39, 0.29) is 28.4 Å². The van der Waals surface area contributed by atoms with Crippen molar-refractivity contribution < 1.29 is 13.3 Å². The van der Waals surface area contributed by atoms with E-state index < -0.39 is 20.0 Å². The molecule has 19 heavy (non-hydrogen) atoms. The minimum absolute atomic E-state index is 0.176. The topological polar surface area (TPSA) is 101 Å². The van der Waals surface area contributed by atoms with E-state index in [1.165, 1.54) is 6.92 Å². The number of nitro groups is 1. The number of hydrogen-bond donors (Lipinski definition) is 0. The second-order valence-electron chi connectivity index (χ2n) is 3.88. The summed E-state index contributed by atoms with van der Waals surface area (Å²) in [6.07, 6.45) is 0.242. The van der Waals surface area contributed by atoms with Gasteiger partial charge < -0.3 is 0 Å². The molecule has 0 aliphatic carbocycles.